The van der Waals surface area contributed by atoms with Crippen molar-refractivity contribution in [1.29, 1.82) is 0 Å². The number of ketones is 2. The highest BCUT2D eigenvalue weighted by molar-refractivity contribution is 7.19. The maximum Gasteiger partial charge on any atom is 0.325 e. The first-order valence-electron chi connectivity index (χ1n) is 6.24. The molecule has 1 unspecified atom stereocenters. The van der Waals surface area contributed by atoms with Gasteiger partial charge in [0.05, 0.1) is 14.6 Å². The van der Waals surface area contributed by atoms with E-state index in [0.717, 1.165) is 11.3 Å². The number of carboxylic acids is 1. The third kappa shape index (κ3) is 2.16. The summed E-state index contributed by atoms with van der Waals surface area (Å²) in [6.07, 6.45) is 0. The van der Waals surface area contributed by atoms with Gasteiger partial charge in [-0.2, -0.15) is 0 Å². The van der Waals surface area contributed by atoms with Crippen molar-refractivity contribution in [2.75, 3.05) is 0 Å². The van der Waals surface area contributed by atoms with Crippen molar-refractivity contribution in [3.8, 4) is 0 Å². The zero-order valence-electron chi connectivity index (χ0n) is 11.2. The molecule has 0 radical (unpaired) electrons. The zero-order valence-corrected chi connectivity index (χ0v) is 12.8. The molecule has 3 rings (SSSR count). The van der Waals surface area contributed by atoms with Gasteiger partial charge in [-0.25, -0.2) is 0 Å². The van der Waals surface area contributed by atoms with Crippen molar-refractivity contribution < 1.29 is 24.3 Å². The average molecular weight is 335 g/mol. The van der Waals surface area contributed by atoms with Gasteiger partial charge in [0.1, 0.15) is 6.04 Å². The van der Waals surface area contributed by atoms with E-state index in [4.69, 9.17) is 5.11 Å². The van der Waals surface area contributed by atoms with Gasteiger partial charge in [0.25, 0.3) is 5.91 Å². The number of carbonyl (C=O) groups excluding carboxylic acids is 3. The topological polar surface area (TPSA) is 101 Å². The summed E-state index contributed by atoms with van der Waals surface area (Å²) in [5, 5.41) is 12.8. The van der Waals surface area contributed by atoms with Crippen LogP contribution in [0.2, 0.25) is 0 Å². The molecule has 6 nitrogen and oxygen atoms in total. The van der Waals surface area contributed by atoms with Crippen LogP contribution in [0.1, 0.15) is 47.1 Å². The number of thiophene rings is 2. The Morgan fingerprint density at radius 2 is 1.91 bits per heavy atom. The van der Waals surface area contributed by atoms with Crippen LogP contribution in [0.25, 0.3) is 0 Å². The van der Waals surface area contributed by atoms with Crippen molar-refractivity contribution in [3.05, 3.63) is 43.3 Å². The Kier molecular flexibility index (Phi) is 3.42. The van der Waals surface area contributed by atoms with E-state index in [0.29, 0.717) is 10.4 Å². The van der Waals surface area contributed by atoms with Gasteiger partial charge in [-0.05, 0) is 24.4 Å². The molecule has 0 saturated heterocycles. The van der Waals surface area contributed by atoms with Crippen LogP contribution in [-0.4, -0.2) is 34.6 Å². The van der Waals surface area contributed by atoms with E-state index < -0.39 is 17.9 Å². The van der Waals surface area contributed by atoms with Gasteiger partial charge in [-0.1, -0.05) is 0 Å². The van der Waals surface area contributed by atoms with Gasteiger partial charge >= 0.3 is 5.97 Å². The maximum atomic E-state index is 12.3. The Hall–Kier alpha value is -2.32. The van der Waals surface area contributed by atoms with Crippen LogP contribution in [0.3, 0.4) is 0 Å². The molecule has 1 aliphatic carbocycles. The molecule has 0 saturated carbocycles. The molecule has 112 valence electrons. The van der Waals surface area contributed by atoms with Crippen molar-refractivity contribution in [2.24, 2.45) is 0 Å². The Labute approximate surface area is 132 Å². The Morgan fingerprint density at radius 1 is 1.18 bits per heavy atom. The molecule has 2 aromatic heterocycles. The number of fused-ring (bicyclic) bond motifs is 2. The molecule has 2 heterocycles. The smallest absolute Gasteiger partial charge is 0.325 e. The molecule has 8 heteroatoms. The maximum absolute atomic E-state index is 12.3. The highest BCUT2D eigenvalue weighted by atomic mass is 32.1. The second kappa shape index (κ2) is 5.15. The summed E-state index contributed by atoms with van der Waals surface area (Å²) in [7, 11) is 0. The Balaban J connectivity index is 1.96. The number of carboxylic acid groups (broad SMARTS) is 1. The summed E-state index contributed by atoms with van der Waals surface area (Å²) in [5.41, 5.74) is 0.556. The lowest BCUT2D eigenvalue weighted by molar-refractivity contribution is -0.138. The fourth-order valence-corrected chi connectivity index (χ4v) is 3.99. The molecule has 1 amide bonds. The first-order valence-corrected chi connectivity index (χ1v) is 7.94. The van der Waals surface area contributed by atoms with Gasteiger partial charge in [0, 0.05) is 11.1 Å². The Morgan fingerprint density at radius 3 is 2.59 bits per heavy atom. The zero-order chi connectivity index (χ0) is 16.0. The summed E-state index contributed by atoms with van der Waals surface area (Å²) in [5.74, 6) is -2.33. The molecular weight excluding hydrogens is 326 g/mol. The molecule has 1 aliphatic rings. The largest absolute Gasteiger partial charge is 0.480 e. The number of aliphatic carboxylic acids is 1. The number of amides is 1. The van der Waals surface area contributed by atoms with E-state index in [1.54, 1.807) is 11.4 Å². The van der Waals surface area contributed by atoms with Crippen molar-refractivity contribution >= 4 is 46.1 Å². The molecule has 2 N–H and O–H groups in total. The molecule has 1 atom stereocenters. The third-order valence-electron chi connectivity index (χ3n) is 3.24. The van der Waals surface area contributed by atoms with Crippen molar-refractivity contribution in [2.45, 2.75) is 13.0 Å². The minimum Gasteiger partial charge on any atom is -0.480 e. The predicted octanol–water partition coefficient (Wildman–Crippen LogP) is 1.79. The van der Waals surface area contributed by atoms with Crippen LogP contribution in [0.15, 0.2) is 17.5 Å². The van der Waals surface area contributed by atoms with Crippen LogP contribution in [0, 0.1) is 0 Å². The van der Waals surface area contributed by atoms with Crippen molar-refractivity contribution in [1.82, 2.24) is 5.32 Å². The van der Waals surface area contributed by atoms with Crippen molar-refractivity contribution in [3.63, 3.8) is 0 Å². The quantitative estimate of drug-likeness (QED) is 0.760. The molecule has 0 spiro atoms. The highest BCUT2D eigenvalue weighted by Gasteiger charge is 2.34. The van der Waals surface area contributed by atoms with Crippen LogP contribution in [-0.2, 0) is 4.79 Å². The van der Waals surface area contributed by atoms with E-state index >= 15 is 0 Å². The molecule has 0 fully saturated rings. The van der Waals surface area contributed by atoms with Crippen LogP contribution < -0.4 is 5.32 Å². The van der Waals surface area contributed by atoms with E-state index in [1.165, 1.54) is 24.3 Å². The summed E-state index contributed by atoms with van der Waals surface area (Å²) in [6, 6.07) is 1.89. The first-order chi connectivity index (χ1) is 10.4. The number of hydrogen-bond acceptors (Lipinski definition) is 6. The SMILES string of the molecule is CC(NC(=O)c1cc2c(s1)C(=O)c1sccc1C2=O)C(=O)O. The molecule has 0 bridgehead atoms. The van der Waals surface area contributed by atoms with Crippen LogP contribution >= 0.6 is 22.7 Å². The summed E-state index contributed by atoms with van der Waals surface area (Å²) >= 11 is 2.10. The molecule has 22 heavy (non-hydrogen) atoms. The van der Waals surface area contributed by atoms with Gasteiger partial charge in [-0.15, -0.1) is 22.7 Å². The van der Waals surface area contributed by atoms with E-state index in [-0.39, 0.29) is 26.9 Å². The third-order valence-corrected chi connectivity index (χ3v) is 5.29. The first kappa shape index (κ1) is 14.6. The normalized spacial score (nSPS) is 14.2. The van der Waals surface area contributed by atoms with Gasteiger partial charge in [-0.3, -0.25) is 19.2 Å². The van der Waals surface area contributed by atoms with Gasteiger partial charge < -0.3 is 10.4 Å². The fraction of sp³-hybridized carbons (Fsp3) is 0.143. The number of nitrogens with one attached hydrogen (secondary N) is 1. The lowest BCUT2D eigenvalue weighted by Crippen LogP contribution is -2.37. The molecule has 0 aromatic carbocycles. The second-order valence-corrected chi connectivity index (χ2v) is 6.68. The van der Waals surface area contributed by atoms with Crippen LogP contribution in [0.4, 0.5) is 0 Å². The molecule has 0 aliphatic heterocycles. The van der Waals surface area contributed by atoms with E-state index in [1.807, 2.05) is 0 Å². The minimum absolute atomic E-state index is 0.148. The average Bonchev–Trinajstić information content (AvgIpc) is 3.11. The second-order valence-electron chi connectivity index (χ2n) is 4.71. The monoisotopic (exact) mass is 335 g/mol. The van der Waals surface area contributed by atoms with E-state index in [9.17, 15) is 19.2 Å². The fourth-order valence-electron chi connectivity index (χ4n) is 2.08. The molecule has 2 aromatic rings. The van der Waals surface area contributed by atoms with Crippen LogP contribution in [0.5, 0.6) is 0 Å². The highest BCUT2D eigenvalue weighted by Crippen LogP contribution is 2.35. The van der Waals surface area contributed by atoms with E-state index in [2.05, 4.69) is 5.32 Å². The molecular formula is C14H9NO5S2. The number of carbonyl (C=O) groups is 4. The lowest BCUT2D eigenvalue weighted by atomic mass is 9.95. The lowest BCUT2D eigenvalue weighted by Gasteiger charge is -2.08. The summed E-state index contributed by atoms with van der Waals surface area (Å²) < 4.78 is 0. The number of rotatable bonds is 3. The van der Waals surface area contributed by atoms with Gasteiger partial charge in [0.15, 0.2) is 5.78 Å². The Bertz CT molecular complexity index is 784. The predicted molar refractivity (Wildman–Crippen MR) is 80.1 cm³/mol. The minimum atomic E-state index is -1.16. The number of hydrogen-bond donors (Lipinski definition) is 2. The summed E-state index contributed by atoms with van der Waals surface area (Å²) in [4.78, 5) is 48.2. The summed E-state index contributed by atoms with van der Waals surface area (Å²) in [6.45, 7) is 1.33. The standard InChI is InChI=1S/C14H9NO5S2/c1-5(14(19)20)15-13(18)8-4-7-9(16)6-2-3-21-11(6)10(17)12(7)22-8/h2-5H,1H3,(H,15,18)(H,19,20). The van der Waals surface area contributed by atoms with Gasteiger partial charge in [0.2, 0.25) is 5.78 Å².